The number of carboxylic acids is 1. The Morgan fingerprint density at radius 2 is 1.80 bits per heavy atom. The summed E-state index contributed by atoms with van der Waals surface area (Å²) < 4.78 is 0.309. The smallest absolute Gasteiger partial charge is 0.306 e. The quantitative estimate of drug-likeness (QED) is 0.425. The van der Waals surface area contributed by atoms with Gasteiger partial charge in [0.1, 0.15) is 6.54 Å². The molecule has 0 aromatic heterocycles. The first-order valence-corrected chi connectivity index (χ1v) is 5.13. The van der Waals surface area contributed by atoms with Gasteiger partial charge in [-0.05, 0) is 0 Å². The van der Waals surface area contributed by atoms with Crippen LogP contribution in [0.4, 0.5) is 0 Å². The minimum atomic E-state index is -1.83. The largest absolute Gasteiger partial charge is 0.481 e. The Kier molecular flexibility index (Phi) is 4.76. The van der Waals surface area contributed by atoms with E-state index in [4.69, 9.17) is 5.11 Å². The van der Waals surface area contributed by atoms with Crippen molar-refractivity contribution in [2.75, 3.05) is 33.4 Å². The number of quaternary nitrogens is 1. The Balaban J connectivity index is 4.86. The Morgan fingerprint density at radius 3 is 2.07 bits per heavy atom. The van der Waals surface area contributed by atoms with E-state index in [0.717, 1.165) is 0 Å². The van der Waals surface area contributed by atoms with Gasteiger partial charge in [-0.15, -0.1) is 0 Å². The first-order chi connectivity index (χ1) is 6.60. The molecular weight excluding hydrogens is 218 g/mol. The van der Waals surface area contributed by atoms with E-state index in [-0.39, 0.29) is 12.3 Å². The number of Topliss-reactive ketones (excluding diaryl/α,β-unsaturated/α-hetero) is 1. The van der Waals surface area contributed by atoms with E-state index in [1.54, 1.807) is 21.1 Å². The summed E-state index contributed by atoms with van der Waals surface area (Å²) in [5.74, 6) is -1.91. The standard InChI is InChI=1S/C9H17NO4S/c1-10(2,3)6-9(14,4-8(12)13)7(11)5-15/h14H,4-6H2,1-3H3,(H-,12,13,15)/p+1. The van der Waals surface area contributed by atoms with E-state index in [0.29, 0.717) is 4.48 Å². The maximum Gasteiger partial charge on any atom is 0.306 e. The lowest BCUT2D eigenvalue weighted by Crippen LogP contribution is -2.55. The number of rotatable bonds is 6. The molecule has 0 aromatic rings. The number of aliphatic hydroxyl groups is 1. The Labute approximate surface area is 94.7 Å². The van der Waals surface area contributed by atoms with E-state index in [1.165, 1.54) is 0 Å². The molecule has 0 saturated carbocycles. The van der Waals surface area contributed by atoms with Crippen LogP contribution < -0.4 is 0 Å². The van der Waals surface area contributed by atoms with Crippen molar-refractivity contribution in [2.45, 2.75) is 12.0 Å². The number of thiol groups is 1. The van der Waals surface area contributed by atoms with Crippen molar-refractivity contribution in [3.05, 3.63) is 0 Å². The Hall–Kier alpha value is -0.590. The lowest BCUT2D eigenvalue weighted by Gasteiger charge is -2.33. The van der Waals surface area contributed by atoms with Crippen LogP contribution in [0.5, 0.6) is 0 Å². The predicted molar refractivity (Wildman–Crippen MR) is 59.0 cm³/mol. The highest BCUT2D eigenvalue weighted by atomic mass is 32.1. The molecule has 0 spiro atoms. The number of carboxylic acid groups (broad SMARTS) is 1. The minimum Gasteiger partial charge on any atom is -0.481 e. The SMILES string of the molecule is C[N+](C)(C)CC(O)(CC(=O)O)C(=O)CS. The van der Waals surface area contributed by atoms with Crippen molar-refractivity contribution in [3.8, 4) is 0 Å². The first-order valence-electron chi connectivity index (χ1n) is 4.49. The summed E-state index contributed by atoms with van der Waals surface area (Å²) in [7, 11) is 5.33. The number of likely N-dealkylation sites (N-methyl/N-ethyl adjacent to an activating group) is 1. The second-order valence-electron chi connectivity index (χ2n) is 4.63. The van der Waals surface area contributed by atoms with Crippen LogP contribution in [0.15, 0.2) is 0 Å². The number of carbonyl (C=O) groups excluding carboxylic acids is 1. The molecule has 1 unspecified atom stereocenters. The highest BCUT2D eigenvalue weighted by molar-refractivity contribution is 7.81. The molecule has 15 heavy (non-hydrogen) atoms. The number of ketones is 1. The van der Waals surface area contributed by atoms with Gasteiger partial charge in [-0.3, -0.25) is 9.59 Å². The molecule has 6 heteroatoms. The van der Waals surface area contributed by atoms with Crippen LogP contribution in [-0.2, 0) is 9.59 Å². The summed E-state index contributed by atoms with van der Waals surface area (Å²) in [4.78, 5) is 22.0. The van der Waals surface area contributed by atoms with Crippen molar-refractivity contribution in [2.24, 2.45) is 0 Å². The van der Waals surface area contributed by atoms with Crippen molar-refractivity contribution in [3.63, 3.8) is 0 Å². The highest BCUT2D eigenvalue weighted by Crippen LogP contribution is 2.16. The van der Waals surface area contributed by atoms with Gasteiger partial charge in [-0.2, -0.15) is 12.6 Å². The van der Waals surface area contributed by atoms with Crippen molar-refractivity contribution in [1.29, 1.82) is 0 Å². The van der Waals surface area contributed by atoms with Gasteiger partial charge in [0.15, 0.2) is 11.4 Å². The van der Waals surface area contributed by atoms with Gasteiger partial charge in [0.05, 0.1) is 33.3 Å². The third-order valence-electron chi connectivity index (χ3n) is 1.84. The number of carbonyl (C=O) groups is 2. The molecule has 0 heterocycles. The Morgan fingerprint density at radius 1 is 1.33 bits per heavy atom. The molecule has 2 N–H and O–H groups in total. The van der Waals surface area contributed by atoms with E-state index < -0.39 is 23.8 Å². The van der Waals surface area contributed by atoms with Crippen LogP contribution >= 0.6 is 12.6 Å². The summed E-state index contributed by atoms with van der Waals surface area (Å²) in [6.45, 7) is 0.0543. The predicted octanol–water partition coefficient (Wildman–Crippen LogP) is -0.603. The summed E-state index contributed by atoms with van der Waals surface area (Å²) >= 11 is 3.77. The maximum atomic E-state index is 11.4. The van der Waals surface area contributed by atoms with Gasteiger partial charge in [-0.1, -0.05) is 0 Å². The van der Waals surface area contributed by atoms with Crippen LogP contribution in [0.2, 0.25) is 0 Å². The second kappa shape index (κ2) is 4.96. The maximum absolute atomic E-state index is 11.4. The zero-order valence-electron chi connectivity index (χ0n) is 9.23. The fourth-order valence-electron chi connectivity index (χ4n) is 1.42. The zero-order chi connectivity index (χ0) is 12.3. The minimum absolute atomic E-state index is 0.0543. The van der Waals surface area contributed by atoms with E-state index >= 15 is 0 Å². The average molecular weight is 236 g/mol. The van der Waals surface area contributed by atoms with Crippen LogP contribution in [-0.4, -0.2) is 65.5 Å². The fourth-order valence-corrected chi connectivity index (χ4v) is 1.72. The number of aliphatic carboxylic acids is 1. The first kappa shape index (κ1) is 14.4. The molecule has 0 amide bonds. The molecule has 5 nitrogen and oxygen atoms in total. The monoisotopic (exact) mass is 236 g/mol. The molecule has 0 saturated heterocycles. The third kappa shape index (κ3) is 5.15. The van der Waals surface area contributed by atoms with E-state index in [1.807, 2.05) is 0 Å². The van der Waals surface area contributed by atoms with Crippen molar-refractivity contribution >= 4 is 24.4 Å². The lowest BCUT2D eigenvalue weighted by atomic mass is 9.94. The molecule has 0 aliphatic carbocycles. The second-order valence-corrected chi connectivity index (χ2v) is 4.95. The number of hydrogen-bond acceptors (Lipinski definition) is 4. The average Bonchev–Trinajstić information content (AvgIpc) is 1.97. The van der Waals surface area contributed by atoms with Crippen molar-refractivity contribution < 1.29 is 24.3 Å². The molecule has 0 bridgehead atoms. The molecule has 88 valence electrons. The van der Waals surface area contributed by atoms with Crippen molar-refractivity contribution in [1.82, 2.24) is 0 Å². The molecule has 0 aliphatic heterocycles. The molecule has 1 atom stereocenters. The van der Waals surface area contributed by atoms with Crippen LogP contribution in [0.3, 0.4) is 0 Å². The molecule has 0 rings (SSSR count). The van der Waals surface area contributed by atoms with E-state index in [2.05, 4.69) is 12.6 Å². The number of nitrogens with zero attached hydrogens (tertiary/aromatic N) is 1. The lowest BCUT2D eigenvalue weighted by molar-refractivity contribution is -0.875. The topological polar surface area (TPSA) is 74.6 Å². The molecular formula is C9H18NO4S+. The molecule has 0 aliphatic rings. The van der Waals surface area contributed by atoms with Gasteiger partial charge in [0.2, 0.25) is 0 Å². The molecule has 0 fully saturated rings. The van der Waals surface area contributed by atoms with E-state index in [9.17, 15) is 14.7 Å². The summed E-state index contributed by atoms with van der Waals surface area (Å²) in [5.41, 5.74) is -1.83. The van der Waals surface area contributed by atoms with Gasteiger partial charge >= 0.3 is 5.97 Å². The van der Waals surface area contributed by atoms with Gasteiger partial charge in [-0.25, -0.2) is 0 Å². The fraction of sp³-hybridized carbons (Fsp3) is 0.778. The van der Waals surface area contributed by atoms with Crippen LogP contribution in [0.1, 0.15) is 6.42 Å². The molecule has 0 aromatic carbocycles. The summed E-state index contributed by atoms with van der Waals surface area (Å²) in [6, 6.07) is 0. The van der Waals surface area contributed by atoms with Gasteiger partial charge in [0, 0.05) is 0 Å². The zero-order valence-corrected chi connectivity index (χ0v) is 10.1. The number of hydrogen-bond donors (Lipinski definition) is 3. The van der Waals surface area contributed by atoms with Gasteiger partial charge < -0.3 is 14.7 Å². The van der Waals surface area contributed by atoms with Crippen LogP contribution in [0, 0.1) is 0 Å². The molecule has 0 radical (unpaired) electrons. The Bertz CT molecular complexity index is 261. The highest BCUT2D eigenvalue weighted by Gasteiger charge is 2.42. The third-order valence-corrected chi connectivity index (χ3v) is 2.13. The summed E-state index contributed by atoms with van der Waals surface area (Å²) in [5, 5.41) is 18.6. The van der Waals surface area contributed by atoms with Gasteiger partial charge in [0.25, 0.3) is 0 Å². The van der Waals surface area contributed by atoms with Crippen LogP contribution in [0.25, 0.3) is 0 Å². The normalized spacial score (nSPS) is 15.8. The summed E-state index contributed by atoms with van der Waals surface area (Å²) in [6.07, 6.45) is -0.581.